The number of carbonyl (C=O) groups excluding carboxylic acids is 5. The lowest BCUT2D eigenvalue weighted by molar-refractivity contribution is -0.128. The highest BCUT2D eigenvalue weighted by Gasteiger charge is 2.26. The minimum Gasteiger partial charge on any atom is -0.368 e. The number of benzene rings is 3. The molecule has 0 saturated carbocycles. The zero-order valence-electron chi connectivity index (χ0n) is 31.1. The number of aromatic nitrogens is 1. The zero-order valence-corrected chi connectivity index (χ0v) is 31.1. The van der Waals surface area contributed by atoms with Gasteiger partial charge in [0.05, 0.1) is 35.6 Å². The van der Waals surface area contributed by atoms with Crippen molar-refractivity contribution in [1.82, 2.24) is 20.9 Å². The molecule has 0 fully saturated rings. The second-order valence-corrected chi connectivity index (χ2v) is 13.8. The molecule has 12 heteroatoms. The predicted molar refractivity (Wildman–Crippen MR) is 209 cm³/mol. The van der Waals surface area contributed by atoms with Crippen molar-refractivity contribution in [2.75, 3.05) is 18.4 Å². The van der Waals surface area contributed by atoms with E-state index in [1.54, 1.807) is 31.2 Å². The van der Waals surface area contributed by atoms with E-state index in [0.29, 0.717) is 44.8 Å². The highest BCUT2D eigenvalue weighted by atomic mass is 16.2. The maximum absolute atomic E-state index is 14.0. The average molecular weight is 732 g/mol. The molecule has 2 atom stereocenters. The third-order valence-corrected chi connectivity index (χ3v) is 9.54. The van der Waals surface area contributed by atoms with Gasteiger partial charge in [-0.1, -0.05) is 74.4 Å². The van der Waals surface area contributed by atoms with E-state index in [9.17, 15) is 24.0 Å². The largest absolute Gasteiger partial charge is 0.368 e. The SMILES string of the molecule is CCCCCc1ccc(-c2ccc(C(=O)N[C@@H](CCN)C(=O)Nc3c(C)cc4cc3-c3cccc(c3)CC(=O)NCC(=O)NC(C(N)=O)C4)c(C)n2)cc1. The molecule has 3 aromatic carbocycles. The van der Waals surface area contributed by atoms with Gasteiger partial charge in [0.1, 0.15) is 12.1 Å². The third kappa shape index (κ3) is 10.2. The minimum absolute atomic E-state index is 0.00595. The maximum atomic E-state index is 14.0. The fraction of sp³-hybridized carbons (Fsp3) is 0.333. The van der Waals surface area contributed by atoms with Crippen molar-refractivity contribution in [2.45, 2.75) is 77.8 Å². The van der Waals surface area contributed by atoms with Gasteiger partial charge in [0.2, 0.25) is 23.6 Å². The third-order valence-electron chi connectivity index (χ3n) is 9.54. The molecule has 5 amide bonds. The van der Waals surface area contributed by atoms with Crippen LogP contribution in [0.25, 0.3) is 22.4 Å². The van der Waals surface area contributed by atoms with Crippen molar-refractivity contribution < 1.29 is 24.0 Å². The van der Waals surface area contributed by atoms with E-state index in [1.165, 1.54) is 18.4 Å². The summed E-state index contributed by atoms with van der Waals surface area (Å²) in [6.07, 6.45) is 4.83. The van der Waals surface area contributed by atoms with E-state index in [-0.39, 0.29) is 38.3 Å². The lowest BCUT2D eigenvalue weighted by Crippen LogP contribution is -2.49. The second-order valence-electron chi connectivity index (χ2n) is 13.8. The Morgan fingerprint density at radius 1 is 0.926 bits per heavy atom. The molecule has 0 radical (unpaired) electrons. The number of nitrogens with zero attached hydrogens (tertiary/aromatic N) is 1. The van der Waals surface area contributed by atoms with Crippen LogP contribution in [0.4, 0.5) is 5.69 Å². The van der Waals surface area contributed by atoms with Crippen molar-refractivity contribution >= 4 is 35.2 Å². The summed E-state index contributed by atoms with van der Waals surface area (Å²) in [6, 6.07) is 20.8. The molecule has 1 aromatic heterocycles. The van der Waals surface area contributed by atoms with Gasteiger partial charge >= 0.3 is 0 Å². The molecular weight excluding hydrogens is 683 g/mol. The number of anilines is 1. The summed E-state index contributed by atoms with van der Waals surface area (Å²) >= 11 is 0. The van der Waals surface area contributed by atoms with Gasteiger partial charge in [-0.25, -0.2) is 0 Å². The Hall–Kier alpha value is -5.88. The summed E-state index contributed by atoms with van der Waals surface area (Å²) in [4.78, 5) is 69.8. The Kier molecular flexibility index (Phi) is 13.3. The van der Waals surface area contributed by atoms with Crippen LogP contribution in [0.5, 0.6) is 0 Å². The van der Waals surface area contributed by atoms with E-state index >= 15 is 0 Å². The zero-order chi connectivity index (χ0) is 38.8. The Balaban J connectivity index is 1.39. The van der Waals surface area contributed by atoms with Crippen molar-refractivity contribution in [3.05, 3.63) is 106 Å². The van der Waals surface area contributed by atoms with Gasteiger partial charge in [0, 0.05) is 17.5 Å². The van der Waals surface area contributed by atoms with E-state index in [1.807, 2.05) is 43.3 Å². The van der Waals surface area contributed by atoms with Gasteiger partial charge in [-0.3, -0.25) is 29.0 Å². The average Bonchev–Trinajstić information content (AvgIpc) is 3.14. The Morgan fingerprint density at radius 3 is 2.41 bits per heavy atom. The van der Waals surface area contributed by atoms with Crippen LogP contribution < -0.4 is 32.7 Å². The van der Waals surface area contributed by atoms with Gasteiger partial charge in [0.15, 0.2) is 0 Å². The topological polar surface area (TPSA) is 198 Å². The molecule has 4 aromatic rings. The molecule has 2 heterocycles. The number of carbonyl (C=O) groups is 5. The first-order valence-electron chi connectivity index (χ1n) is 18.4. The molecule has 1 aliphatic heterocycles. The molecular formula is C42H49N7O5. The molecule has 0 aliphatic carbocycles. The van der Waals surface area contributed by atoms with Crippen molar-refractivity contribution in [3.8, 4) is 22.4 Å². The lowest BCUT2D eigenvalue weighted by atomic mass is 9.93. The van der Waals surface area contributed by atoms with E-state index in [0.717, 1.165) is 24.1 Å². The summed E-state index contributed by atoms with van der Waals surface area (Å²) in [6.45, 7) is 5.61. The monoisotopic (exact) mass is 731 g/mol. The maximum Gasteiger partial charge on any atom is 0.253 e. The summed E-state index contributed by atoms with van der Waals surface area (Å²) in [5.41, 5.74) is 19.3. The van der Waals surface area contributed by atoms with Gasteiger partial charge in [-0.15, -0.1) is 0 Å². The van der Waals surface area contributed by atoms with E-state index in [4.69, 9.17) is 16.5 Å². The van der Waals surface area contributed by atoms with E-state index < -0.39 is 35.7 Å². The second kappa shape index (κ2) is 18.2. The normalized spacial score (nSPS) is 14.9. The molecule has 0 spiro atoms. The van der Waals surface area contributed by atoms with Crippen LogP contribution in [0.3, 0.4) is 0 Å². The lowest BCUT2D eigenvalue weighted by Gasteiger charge is -2.23. The van der Waals surface area contributed by atoms with Crippen LogP contribution >= 0.6 is 0 Å². The predicted octanol–water partition coefficient (Wildman–Crippen LogP) is 4.04. The number of hydrogen-bond acceptors (Lipinski definition) is 7. The van der Waals surface area contributed by atoms with Crippen molar-refractivity contribution in [3.63, 3.8) is 0 Å². The Bertz CT molecular complexity index is 2030. The number of pyridine rings is 1. The fourth-order valence-corrected chi connectivity index (χ4v) is 6.62. The number of rotatable bonds is 12. The summed E-state index contributed by atoms with van der Waals surface area (Å²) in [7, 11) is 0. The van der Waals surface area contributed by atoms with Crippen LogP contribution in [0.2, 0.25) is 0 Å². The molecule has 54 heavy (non-hydrogen) atoms. The molecule has 1 unspecified atom stereocenters. The van der Waals surface area contributed by atoms with Crippen molar-refractivity contribution in [1.29, 1.82) is 0 Å². The smallest absolute Gasteiger partial charge is 0.253 e. The quantitative estimate of drug-likeness (QED) is 0.118. The van der Waals surface area contributed by atoms with Crippen LogP contribution in [-0.2, 0) is 38.4 Å². The van der Waals surface area contributed by atoms with Gasteiger partial charge in [-0.2, -0.15) is 0 Å². The summed E-state index contributed by atoms with van der Waals surface area (Å²) in [5.74, 6) is -2.57. The molecule has 282 valence electrons. The highest BCUT2D eigenvalue weighted by molar-refractivity contribution is 6.04. The number of primary amides is 1. The van der Waals surface area contributed by atoms with Gasteiger partial charge in [-0.05, 0) is 85.7 Å². The Labute approximate surface area is 315 Å². The number of fused-ring (bicyclic) bond motifs is 5. The standard InChI is InChI=1S/C42H49N7O5/c1-4-5-6-8-27-11-13-30(14-12-27)34-16-15-32(26(3)46-34)41(53)48-35(17-18-43)42(54)49-39-25(2)19-29-21-33(39)31-10-7-9-28(20-31)23-37(50)45-24-38(51)47-36(22-29)40(44)52/h7,9-16,19-21,35-36H,4-6,8,17-18,22-24,43H2,1-3H3,(H2,44,52)(H,45,50)(H,47,51)(H,48,53)(H,49,54)/t35-,36?/m0/s1. The van der Waals surface area contributed by atoms with Crippen molar-refractivity contribution in [2.24, 2.45) is 11.5 Å². The molecule has 0 saturated heterocycles. The van der Waals surface area contributed by atoms with Gasteiger partial charge in [0.25, 0.3) is 5.91 Å². The summed E-state index contributed by atoms with van der Waals surface area (Å²) in [5, 5.41) is 11.1. The first-order chi connectivity index (χ1) is 25.9. The molecule has 8 N–H and O–H groups in total. The number of unbranched alkanes of at least 4 members (excludes halogenated alkanes) is 2. The van der Waals surface area contributed by atoms with Crippen LogP contribution in [0.1, 0.15) is 70.9 Å². The van der Waals surface area contributed by atoms with Crippen LogP contribution in [-0.4, -0.2) is 59.7 Å². The fourth-order valence-electron chi connectivity index (χ4n) is 6.62. The first kappa shape index (κ1) is 39.3. The number of amides is 5. The van der Waals surface area contributed by atoms with E-state index in [2.05, 4.69) is 40.3 Å². The number of nitrogens with one attached hydrogen (secondary N) is 4. The minimum atomic E-state index is -1.03. The number of nitrogens with two attached hydrogens (primary N) is 2. The first-order valence-corrected chi connectivity index (χ1v) is 18.4. The summed E-state index contributed by atoms with van der Waals surface area (Å²) < 4.78 is 0. The molecule has 5 rings (SSSR count). The molecule has 12 nitrogen and oxygen atoms in total. The Morgan fingerprint density at radius 2 is 1.70 bits per heavy atom. The van der Waals surface area contributed by atoms with Crippen LogP contribution in [0, 0.1) is 13.8 Å². The number of aryl methyl sites for hydroxylation is 3. The van der Waals surface area contributed by atoms with Crippen LogP contribution in [0.15, 0.2) is 72.8 Å². The number of hydrogen-bond donors (Lipinski definition) is 6. The van der Waals surface area contributed by atoms with Gasteiger partial charge < -0.3 is 32.7 Å². The highest BCUT2D eigenvalue weighted by Crippen LogP contribution is 2.34. The molecule has 1 aliphatic rings. The molecule has 4 bridgehead atoms.